The second kappa shape index (κ2) is 10.9. The number of amides is 3. The van der Waals surface area contributed by atoms with Gasteiger partial charge in [0.25, 0.3) is 0 Å². The highest BCUT2D eigenvalue weighted by atomic mass is 16.5. The van der Waals surface area contributed by atoms with Gasteiger partial charge in [-0.15, -0.1) is 0 Å². The average molecular weight is 536 g/mol. The third kappa shape index (κ3) is 4.32. The van der Waals surface area contributed by atoms with Gasteiger partial charge in [-0.3, -0.25) is 14.4 Å². The lowest BCUT2D eigenvalue weighted by atomic mass is 9.77. The monoisotopic (exact) mass is 535 g/mol. The molecule has 4 heterocycles. The quantitative estimate of drug-likeness (QED) is 0.517. The fourth-order valence-corrected chi connectivity index (χ4v) is 7.08. The third-order valence-electron chi connectivity index (χ3n) is 9.28. The van der Waals surface area contributed by atoms with Crippen molar-refractivity contribution in [3.63, 3.8) is 0 Å². The lowest BCUT2D eigenvalue weighted by molar-refractivity contribution is -0.153. The smallest absolute Gasteiger partial charge is 0.249 e. The molecule has 2 saturated heterocycles. The van der Waals surface area contributed by atoms with Gasteiger partial charge in [0, 0.05) is 24.8 Å². The van der Waals surface area contributed by atoms with Gasteiger partial charge in [0.2, 0.25) is 17.7 Å². The van der Waals surface area contributed by atoms with Crippen molar-refractivity contribution in [1.29, 1.82) is 0 Å². The molecule has 1 aromatic carbocycles. The van der Waals surface area contributed by atoms with Crippen molar-refractivity contribution in [2.45, 2.75) is 76.8 Å². The molecule has 2 unspecified atom stereocenters. The second-order valence-electron chi connectivity index (χ2n) is 11.5. The molecule has 5 rings (SSSR count). The fraction of sp³-hybridized carbons (Fsp3) is 0.581. The van der Waals surface area contributed by atoms with E-state index in [-0.39, 0.29) is 36.3 Å². The SMILES string of the molecule is CCCC(C)N1CC=C[C@]23O[C@H]4C=CCN(c5ccccc5)C(=O)[C@H]4[C@H]2C(=O)N([C@@H](CO)[C@@H](C)CC)C3C1=O. The van der Waals surface area contributed by atoms with Crippen molar-refractivity contribution >= 4 is 23.4 Å². The van der Waals surface area contributed by atoms with Gasteiger partial charge < -0.3 is 24.5 Å². The van der Waals surface area contributed by atoms with Gasteiger partial charge >= 0.3 is 0 Å². The van der Waals surface area contributed by atoms with E-state index in [0.717, 1.165) is 24.9 Å². The maximum Gasteiger partial charge on any atom is 0.249 e. The van der Waals surface area contributed by atoms with Crippen molar-refractivity contribution in [3.05, 3.63) is 54.6 Å². The summed E-state index contributed by atoms with van der Waals surface area (Å²) in [6.45, 7) is 8.66. The first-order chi connectivity index (χ1) is 18.8. The van der Waals surface area contributed by atoms with Gasteiger partial charge in [-0.2, -0.15) is 0 Å². The van der Waals surface area contributed by atoms with E-state index >= 15 is 0 Å². The van der Waals surface area contributed by atoms with Gasteiger partial charge in [0.1, 0.15) is 11.6 Å². The number of hydrogen-bond acceptors (Lipinski definition) is 5. The van der Waals surface area contributed by atoms with E-state index in [1.165, 1.54) is 0 Å². The number of carbonyl (C=O) groups is 3. The van der Waals surface area contributed by atoms with E-state index in [1.54, 1.807) is 9.80 Å². The zero-order valence-electron chi connectivity index (χ0n) is 23.4. The van der Waals surface area contributed by atoms with Crippen LogP contribution in [0.15, 0.2) is 54.6 Å². The predicted octanol–water partition coefficient (Wildman–Crippen LogP) is 3.16. The highest BCUT2D eigenvalue weighted by molar-refractivity contribution is 6.04. The average Bonchev–Trinajstić information content (AvgIpc) is 3.25. The second-order valence-corrected chi connectivity index (χ2v) is 11.5. The number of benzene rings is 1. The fourth-order valence-electron chi connectivity index (χ4n) is 7.08. The number of nitrogens with zero attached hydrogens (tertiary/aromatic N) is 3. The summed E-state index contributed by atoms with van der Waals surface area (Å²) in [5, 5.41) is 10.5. The Morgan fingerprint density at radius 1 is 1.03 bits per heavy atom. The molecular weight excluding hydrogens is 494 g/mol. The zero-order valence-corrected chi connectivity index (χ0v) is 23.4. The molecule has 8 atom stereocenters. The Morgan fingerprint density at radius 3 is 2.44 bits per heavy atom. The number of ether oxygens (including phenoxy) is 1. The minimum atomic E-state index is -1.29. The highest BCUT2D eigenvalue weighted by Crippen LogP contribution is 2.54. The Balaban J connectivity index is 1.63. The lowest BCUT2D eigenvalue weighted by Crippen LogP contribution is -2.60. The summed E-state index contributed by atoms with van der Waals surface area (Å²) in [7, 11) is 0. The molecule has 0 bridgehead atoms. The van der Waals surface area contributed by atoms with Crippen LogP contribution in [-0.2, 0) is 19.1 Å². The molecule has 8 heteroatoms. The Hall–Kier alpha value is -2.97. The van der Waals surface area contributed by atoms with Crippen LogP contribution in [0.5, 0.6) is 0 Å². The van der Waals surface area contributed by atoms with Crippen LogP contribution < -0.4 is 4.90 Å². The Labute approximate surface area is 231 Å². The van der Waals surface area contributed by atoms with E-state index in [4.69, 9.17) is 4.74 Å². The lowest BCUT2D eigenvalue weighted by Gasteiger charge is -2.41. The molecule has 1 spiro atoms. The van der Waals surface area contributed by atoms with Crippen molar-refractivity contribution in [2.75, 3.05) is 24.6 Å². The normalized spacial score (nSPS) is 32.4. The molecule has 0 radical (unpaired) electrons. The molecule has 0 saturated carbocycles. The molecule has 4 aliphatic rings. The number of carbonyl (C=O) groups excluding carboxylic acids is 3. The number of fused-ring (bicyclic) bond motifs is 2. The van der Waals surface area contributed by atoms with E-state index < -0.39 is 35.6 Å². The van der Waals surface area contributed by atoms with Gasteiger partial charge in [-0.25, -0.2) is 0 Å². The van der Waals surface area contributed by atoms with Crippen LogP contribution in [0.4, 0.5) is 5.69 Å². The number of anilines is 1. The summed E-state index contributed by atoms with van der Waals surface area (Å²) < 4.78 is 6.75. The van der Waals surface area contributed by atoms with Crippen LogP contribution in [0.25, 0.3) is 0 Å². The summed E-state index contributed by atoms with van der Waals surface area (Å²) in [5.41, 5.74) is -0.530. The summed E-state index contributed by atoms with van der Waals surface area (Å²) in [4.78, 5) is 48.3. The standard InChI is InChI=1S/C31H41N3O5/c1-5-12-21(4)32-18-11-16-31-26(29(37)34(27(31)30(32)38)23(19-35)20(3)6-2)25-24(39-31)15-10-17-33(28(25)36)22-13-8-7-9-14-22/h7-11,13-16,20-21,23-27,35H,5-6,12,17-19H2,1-4H3/t20-,21?,23-,24-,25+,26-,27?,31-/m0/s1. The Kier molecular flexibility index (Phi) is 7.71. The van der Waals surface area contributed by atoms with E-state index in [0.29, 0.717) is 13.1 Å². The van der Waals surface area contributed by atoms with Crippen LogP contribution in [0, 0.1) is 17.8 Å². The molecule has 0 aliphatic carbocycles. The molecule has 3 amide bonds. The van der Waals surface area contributed by atoms with Crippen LogP contribution in [0.2, 0.25) is 0 Å². The number of hydrogen-bond donors (Lipinski definition) is 1. The molecule has 0 aromatic heterocycles. The van der Waals surface area contributed by atoms with Crippen molar-refractivity contribution < 1.29 is 24.2 Å². The first kappa shape index (κ1) is 27.6. The summed E-state index contributed by atoms with van der Waals surface area (Å²) in [6, 6.07) is 7.92. The van der Waals surface area contributed by atoms with E-state index in [2.05, 4.69) is 6.92 Å². The van der Waals surface area contributed by atoms with E-state index in [1.807, 2.05) is 80.3 Å². The molecule has 2 fully saturated rings. The number of likely N-dealkylation sites (tertiary alicyclic amines) is 1. The number of rotatable bonds is 8. The first-order valence-electron chi connectivity index (χ1n) is 14.4. The molecule has 210 valence electrons. The maximum absolute atomic E-state index is 14.5. The number of aliphatic hydroxyl groups excluding tert-OH is 1. The topological polar surface area (TPSA) is 90.4 Å². The third-order valence-corrected chi connectivity index (χ3v) is 9.28. The summed E-state index contributed by atoms with van der Waals surface area (Å²) in [6.07, 6.45) is 9.48. The molecule has 1 N–H and O–H groups in total. The van der Waals surface area contributed by atoms with Crippen molar-refractivity contribution in [2.24, 2.45) is 17.8 Å². The first-order valence-corrected chi connectivity index (χ1v) is 14.4. The van der Waals surface area contributed by atoms with Crippen molar-refractivity contribution in [1.82, 2.24) is 9.80 Å². The molecular formula is C31H41N3O5. The maximum atomic E-state index is 14.5. The van der Waals surface area contributed by atoms with Gasteiger partial charge in [-0.1, -0.05) is 76.1 Å². The van der Waals surface area contributed by atoms with Crippen LogP contribution in [0.1, 0.15) is 47.0 Å². The minimum absolute atomic E-state index is 0.0172. The zero-order chi connectivity index (χ0) is 27.9. The van der Waals surface area contributed by atoms with Gasteiger partial charge in [0.15, 0.2) is 0 Å². The molecule has 39 heavy (non-hydrogen) atoms. The predicted molar refractivity (Wildman–Crippen MR) is 149 cm³/mol. The largest absolute Gasteiger partial charge is 0.394 e. The summed E-state index contributed by atoms with van der Waals surface area (Å²) >= 11 is 0. The van der Waals surface area contributed by atoms with Gasteiger partial charge in [-0.05, 0) is 31.4 Å². The van der Waals surface area contributed by atoms with Crippen LogP contribution >= 0.6 is 0 Å². The molecule has 8 nitrogen and oxygen atoms in total. The Bertz CT molecular complexity index is 1150. The molecule has 4 aliphatic heterocycles. The Morgan fingerprint density at radius 2 is 1.77 bits per heavy atom. The number of para-hydroxylation sites is 1. The summed E-state index contributed by atoms with van der Waals surface area (Å²) in [5.74, 6) is -2.33. The van der Waals surface area contributed by atoms with Crippen LogP contribution in [-0.4, -0.2) is 82.2 Å². The van der Waals surface area contributed by atoms with Crippen molar-refractivity contribution in [3.8, 4) is 0 Å². The van der Waals surface area contributed by atoms with Gasteiger partial charge in [0.05, 0.1) is 30.6 Å². The number of aliphatic hydroxyl groups is 1. The van der Waals surface area contributed by atoms with E-state index in [9.17, 15) is 19.5 Å². The van der Waals surface area contributed by atoms with Crippen LogP contribution in [0.3, 0.4) is 0 Å². The minimum Gasteiger partial charge on any atom is -0.394 e. The molecule has 1 aromatic rings. The highest BCUT2D eigenvalue weighted by Gasteiger charge is 2.72.